The maximum atomic E-state index is 11.8. The molecule has 0 amide bonds. The third-order valence-corrected chi connectivity index (χ3v) is 5.01. The SMILES string of the molecule is COc1cc(/N=N/c2ccc(S(=O)(=O)CCO)cc2)cc(OC)c1O. The normalized spacial score (nSPS) is 11.6. The first-order valence-electron chi connectivity index (χ1n) is 7.21. The summed E-state index contributed by atoms with van der Waals surface area (Å²) in [5.41, 5.74) is 0.831. The number of rotatable bonds is 7. The van der Waals surface area contributed by atoms with E-state index in [1.165, 1.54) is 50.6 Å². The van der Waals surface area contributed by atoms with Crippen LogP contribution in [0.15, 0.2) is 51.5 Å². The first-order valence-corrected chi connectivity index (χ1v) is 8.87. The van der Waals surface area contributed by atoms with Crippen LogP contribution in [-0.4, -0.2) is 45.2 Å². The van der Waals surface area contributed by atoms with Crippen LogP contribution in [0.1, 0.15) is 0 Å². The molecular weight excluding hydrogens is 348 g/mol. The molecule has 2 rings (SSSR count). The predicted octanol–water partition coefficient (Wildman–Crippen LogP) is 2.59. The molecule has 0 saturated carbocycles. The van der Waals surface area contributed by atoms with Gasteiger partial charge in [-0.3, -0.25) is 0 Å². The second-order valence-electron chi connectivity index (χ2n) is 4.94. The highest BCUT2D eigenvalue weighted by Gasteiger charge is 2.13. The minimum atomic E-state index is -3.50. The molecule has 0 radical (unpaired) electrons. The Morgan fingerprint density at radius 1 is 0.960 bits per heavy atom. The Kier molecular flexibility index (Phi) is 5.94. The highest BCUT2D eigenvalue weighted by Crippen LogP contribution is 2.40. The van der Waals surface area contributed by atoms with Crippen molar-refractivity contribution in [1.29, 1.82) is 0 Å². The minimum Gasteiger partial charge on any atom is -0.502 e. The number of azo groups is 1. The van der Waals surface area contributed by atoms with Gasteiger partial charge in [-0.05, 0) is 24.3 Å². The number of hydrogen-bond donors (Lipinski definition) is 2. The third-order valence-electron chi connectivity index (χ3n) is 3.30. The van der Waals surface area contributed by atoms with Crippen molar-refractivity contribution in [1.82, 2.24) is 0 Å². The fraction of sp³-hybridized carbons (Fsp3) is 0.250. The molecule has 0 aliphatic carbocycles. The number of hydrogen-bond acceptors (Lipinski definition) is 8. The lowest BCUT2D eigenvalue weighted by Gasteiger charge is -2.08. The average Bonchev–Trinajstić information content (AvgIpc) is 2.61. The standard InChI is InChI=1S/C16H18N2O6S/c1-23-14-9-12(10-15(24-2)16(14)20)18-17-11-3-5-13(6-4-11)25(21,22)8-7-19/h3-6,9-10,19-20H,7-8H2,1-2H3/b18-17+. The van der Waals surface area contributed by atoms with E-state index >= 15 is 0 Å². The summed E-state index contributed by atoms with van der Waals surface area (Å²) in [6.07, 6.45) is 0. The Hall–Kier alpha value is -2.65. The maximum Gasteiger partial charge on any atom is 0.200 e. The van der Waals surface area contributed by atoms with E-state index in [2.05, 4.69) is 10.2 Å². The number of benzene rings is 2. The van der Waals surface area contributed by atoms with Crippen molar-refractivity contribution in [3.05, 3.63) is 36.4 Å². The van der Waals surface area contributed by atoms with E-state index in [1.54, 1.807) is 0 Å². The molecule has 2 N–H and O–H groups in total. The molecule has 0 saturated heterocycles. The number of phenolic OH excluding ortho intramolecular Hbond substituents is 1. The fourth-order valence-corrected chi connectivity index (χ4v) is 3.04. The second-order valence-corrected chi connectivity index (χ2v) is 7.04. The molecule has 0 aliphatic rings. The van der Waals surface area contributed by atoms with Gasteiger partial charge in [0.2, 0.25) is 5.75 Å². The zero-order chi connectivity index (χ0) is 18.4. The molecule has 0 bridgehead atoms. The maximum absolute atomic E-state index is 11.8. The van der Waals surface area contributed by atoms with Gasteiger partial charge in [0.25, 0.3) is 0 Å². The van der Waals surface area contributed by atoms with E-state index in [-0.39, 0.29) is 27.9 Å². The monoisotopic (exact) mass is 366 g/mol. The lowest BCUT2D eigenvalue weighted by atomic mass is 10.2. The van der Waals surface area contributed by atoms with Gasteiger partial charge in [-0.2, -0.15) is 10.2 Å². The Balaban J connectivity index is 2.25. The topological polar surface area (TPSA) is 118 Å². The van der Waals surface area contributed by atoms with Crippen LogP contribution >= 0.6 is 0 Å². The minimum absolute atomic E-state index is 0.105. The van der Waals surface area contributed by atoms with Crippen molar-refractivity contribution in [2.75, 3.05) is 26.6 Å². The number of nitrogens with zero attached hydrogens (tertiary/aromatic N) is 2. The molecule has 8 nitrogen and oxygen atoms in total. The van der Waals surface area contributed by atoms with Crippen LogP contribution in [0.5, 0.6) is 17.2 Å². The summed E-state index contributed by atoms with van der Waals surface area (Å²) in [6, 6.07) is 8.78. The van der Waals surface area contributed by atoms with Gasteiger partial charge in [0.15, 0.2) is 21.3 Å². The quantitative estimate of drug-likeness (QED) is 0.727. The highest BCUT2D eigenvalue weighted by atomic mass is 32.2. The average molecular weight is 366 g/mol. The summed E-state index contributed by atoms with van der Waals surface area (Å²) in [5, 5.41) is 26.7. The molecule has 25 heavy (non-hydrogen) atoms. The van der Waals surface area contributed by atoms with E-state index in [4.69, 9.17) is 14.6 Å². The number of methoxy groups -OCH3 is 2. The van der Waals surface area contributed by atoms with Crippen LogP contribution in [0.2, 0.25) is 0 Å². The Morgan fingerprint density at radius 2 is 1.48 bits per heavy atom. The van der Waals surface area contributed by atoms with Crippen LogP contribution < -0.4 is 9.47 Å². The number of phenols is 1. The molecule has 0 spiro atoms. The first-order chi connectivity index (χ1) is 11.9. The van der Waals surface area contributed by atoms with E-state index in [9.17, 15) is 13.5 Å². The molecule has 0 aliphatic heterocycles. The highest BCUT2D eigenvalue weighted by molar-refractivity contribution is 7.91. The number of ether oxygens (including phenoxy) is 2. The Morgan fingerprint density at radius 3 is 1.96 bits per heavy atom. The van der Waals surface area contributed by atoms with Crippen molar-refractivity contribution < 1.29 is 28.1 Å². The molecule has 0 aromatic heterocycles. The van der Waals surface area contributed by atoms with Crippen LogP contribution in [-0.2, 0) is 9.84 Å². The summed E-state index contributed by atoms with van der Waals surface area (Å²) >= 11 is 0. The Labute approximate surface area is 145 Å². The summed E-state index contributed by atoms with van der Waals surface area (Å²) in [4.78, 5) is 0.105. The van der Waals surface area contributed by atoms with Crippen LogP contribution in [0.25, 0.3) is 0 Å². The number of aliphatic hydroxyl groups excluding tert-OH is 1. The van der Waals surface area contributed by atoms with Gasteiger partial charge in [0, 0.05) is 12.1 Å². The predicted molar refractivity (Wildman–Crippen MR) is 91.0 cm³/mol. The van der Waals surface area contributed by atoms with Crippen LogP contribution in [0.4, 0.5) is 11.4 Å². The number of aromatic hydroxyl groups is 1. The van der Waals surface area contributed by atoms with Gasteiger partial charge in [0.05, 0.1) is 42.8 Å². The molecule has 9 heteroatoms. The van der Waals surface area contributed by atoms with Gasteiger partial charge in [-0.1, -0.05) is 0 Å². The lowest BCUT2D eigenvalue weighted by molar-refractivity contribution is 0.319. The largest absolute Gasteiger partial charge is 0.502 e. The molecule has 0 fully saturated rings. The van der Waals surface area contributed by atoms with Crippen molar-refractivity contribution >= 4 is 21.2 Å². The molecule has 0 atom stereocenters. The zero-order valence-corrected chi connectivity index (χ0v) is 14.5. The number of sulfone groups is 1. The van der Waals surface area contributed by atoms with Crippen LogP contribution in [0.3, 0.4) is 0 Å². The first kappa shape index (κ1) is 18.7. The summed E-state index contributed by atoms with van der Waals surface area (Å²) < 4.78 is 33.7. The van der Waals surface area contributed by atoms with Crippen molar-refractivity contribution in [2.24, 2.45) is 10.2 Å². The Bertz CT molecular complexity index is 838. The van der Waals surface area contributed by atoms with Gasteiger partial charge in [0.1, 0.15) is 0 Å². The van der Waals surface area contributed by atoms with Crippen LogP contribution in [0, 0.1) is 0 Å². The molecule has 2 aromatic rings. The summed E-state index contributed by atoms with van der Waals surface area (Å²) in [6.45, 7) is -0.436. The van der Waals surface area contributed by atoms with E-state index in [0.29, 0.717) is 11.4 Å². The zero-order valence-electron chi connectivity index (χ0n) is 13.7. The van der Waals surface area contributed by atoms with E-state index in [0.717, 1.165) is 0 Å². The van der Waals surface area contributed by atoms with Gasteiger partial charge in [-0.15, -0.1) is 0 Å². The van der Waals surface area contributed by atoms with Gasteiger partial charge < -0.3 is 19.7 Å². The molecule has 0 heterocycles. The lowest BCUT2D eigenvalue weighted by Crippen LogP contribution is -2.09. The summed E-state index contributed by atoms with van der Waals surface area (Å²) in [5.74, 6) is -0.0825. The van der Waals surface area contributed by atoms with Crippen molar-refractivity contribution in [2.45, 2.75) is 4.90 Å². The molecular formula is C16H18N2O6S. The molecule has 0 unspecified atom stereocenters. The van der Waals surface area contributed by atoms with Crippen molar-refractivity contribution in [3.63, 3.8) is 0 Å². The smallest absolute Gasteiger partial charge is 0.200 e. The van der Waals surface area contributed by atoms with E-state index in [1.807, 2.05) is 0 Å². The second kappa shape index (κ2) is 7.95. The van der Waals surface area contributed by atoms with Crippen molar-refractivity contribution in [3.8, 4) is 17.2 Å². The molecule has 2 aromatic carbocycles. The summed E-state index contributed by atoms with van der Waals surface area (Å²) in [7, 11) is -0.693. The fourth-order valence-electron chi connectivity index (χ4n) is 2.01. The number of aliphatic hydroxyl groups is 1. The van der Waals surface area contributed by atoms with E-state index < -0.39 is 16.4 Å². The third kappa shape index (κ3) is 4.46. The van der Waals surface area contributed by atoms with Gasteiger partial charge >= 0.3 is 0 Å². The van der Waals surface area contributed by atoms with Gasteiger partial charge in [-0.25, -0.2) is 8.42 Å². The molecule has 134 valence electrons.